The monoisotopic (exact) mass is 204 g/mol. The predicted octanol–water partition coefficient (Wildman–Crippen LogP) is 0.479. The third kappa shape index (κ3) is 2.42. The highest BCUT2D eigenvalue weighted by Crippen LogP contribution is 2.12. The molecule has 0 radical (unpaired) electrons. The molecular weight excluding hydrogens is 192 g/mol. The van der Waals surface area contributed by atoms with Crippen LogP contribution in [0.25, 0.3) is 0 Å². The molecule has 0 aliphatic carbocycles. The molecule has 0 aromatic carbocycles. The first-order valence-corrected chi connectivity index (χ1v) is 4.97. The Morgan fingerprint density at radius 3 is 3.13 bits per heavy atom. The molecule has 1 aliphatic rings. The number of hydrogen-bond acceptors (Lipinski definition) is 5. The van der Waals surface area contributed by atoms with Gasteiger partial charge in [0.1, 0.15) is 12.7 Å². The number of nitrogens with one attached hydrogen (secondary N) is 1. The van der Waals surface area contributed by atoms with Crippen molar-refractivity contribution in [2.45, 2.75) is 18.9 Å². The SMILES string of the molecule is N#Cc1nccnc1OCC1CCCN1. The first kappa shape index (κ1) is 9.87. The van der Waals surface area contributed by atoms with Crippen LogP contribution < -0.4 is 10.1 Å². The molecule has 0 saturated carbocycles. The van der Waals surface area contributed by atoms with Gasteiger partial charge in [-0.2, -0.15) is 5.26 Å². The highest BCUT2D eigenvalue weighted by molar-refractivity contribution is 5.29. The number of ether oxygens (including phenoxy) is 1. The molecule has 0 spiro atoms. The Balaban J connectivity index is 1.95. The molecule has 15 heavy (non-hydrogen) atoms. The summed E-state index contributed by atoms with van der Waals surface area (Å²) in [4.78, 5) is 7.85. The van der Waals surface area contributed by atoms with Crippen LogP contribution in [0.2, 0.25) is 0 Å². The summed E-state index contributed by atoms with van der Waals surface area (Å²) in [7, 11) is 0. The Morgan fingerprint density at radius 1 is 1.53 bits per heavy atom. The third-order valence-corrected chi connectivity index (χ3v) is 2.35. The Morgan fingerprint density at radius 2 is 2.40 bits per heavy atom. The van der Waals surface area contributed by atoms with Crippen LogP contribution in [0.3, 0.4) is 0 Å². The van der Waals surface area contributed by atoms with Gasteiger partial charge in [-0.05, 0) is 19.4 Å². The summed E-state index contributed by atoms with van der Waals surface area (Å²) < 4.78 is 5.45. The van der Waals surface area contributed by atoms with Crippen molar-refractivity contribution in [1.82, 2.24) is 15.3 Å². The Bertz CT molecular complexity index is 368. The Kier molecular flexibility index (Phi) is 3.10. The molecule has 1 aromatic rings. The summed E-state index contributed by atoms with van der Waals surface area (Å²) in [6, 6.07) is 2.33. The fourth-order valence-electron chi connectivity index (χ4n) is 1.59. The van der Waals surface area contributed by atoms with Gasteiger partial charge in [0.05, 0.1) is 0 Å². The van der Waals surface area contributed by atoms with Gasteiger partial charge < -0.3 is 10.1 Å². The standard InChI is InChI=1S/C10H12N4O/c11-6-9-10(14-5-4-13-9)15-7-8-2-1-3-12-8/h4-5,8,12H,1-3,7H2. The summed E-state index contributed by atoms with van der Waals surface area (Å²) in [5.74, 6) is 0.327. The van der Waals surface area contributed by atoms with E-state index in [0.717, 1.165) is 13.0 Å². The number of nitriles is 1. The minimum absolute atomic E-state index is 0.246. The maximum atomic E-state index is 8.76. The average molecular weight is 204 g/mol. The van der Waals surface area contributed by atoms with Crippen LogP contribution in [-0.4, -0.2) is 29.2 Å². The lowest BCUT2D eigenvalue weighted by Gasteiger charge is -2.11. The van der Waals surface area contributed by atoms with Crippen LogP contribution in [-0.2, 0) is 0 Å². The molecular formula is C10H12N4O. The van der Waals surface area contributed by atoms with Gasteiger partial charge in [-0.15, -0.1) is 0 Å². The molecule has 78 valence electrons. The molecule has 1 fully saturated rings. The molecule has 5 nitrogen and oxygen atoms in total. The molecule has 0 amide bonds. The van der Waals surface area contributed by atoms with E-state index in [1.54, 1.807) is 0 Å². The van der Waals surface area contributed by atoms with E-state index in [-0.39, 0.29) is 5.69 Å². The number of aromatic nitrogens is 2. The molecule has 1 unspecified atom stereocenters. The van der Waals surface area contributed by atoms with E-state index in [0.29, 0.717) is 18.5 Å². The highest BCUT2D eigenvalue weighted by Gasteiger charge is 2.15. The zero-order valence-electron chi connectivity index (χ0n) is 8.31. The number of nitrogens with zero attached hydrogens (tertiary/aromatic N) is 3. The lowest BCUT2D eigenvalue weighted by molar-refractivity contribution is 0.265. The zero-order valence-corrected chi connectivity index (χ0v) is 8.31. The van der Waals surface area contributed by atoms with Crippen molar-refractivity contribution in [2.75, 3.05) is 13.2 Å². The smallest absolute Gasteiger partial charge is 0.251 e. The second kappa shape index (κ2) is 4.71. The van der Waals surface area contributed by atoms with Crippen molar-refractivity contribution in [1.29, 1.82) is 5.26 Å². The van der Waals surface area contributed by atoms with Crippen LogP contribution in [0.5, 0.6) is 5.88 Å². The maximum absolute atomic E-state index is 8.76. The molecule has 2 rings (SSSR count). The highest BCUT2D eigenvalue weighted by atomic mass is 16.5. The van der Waals surface area contributed by atoms with E-state index >= 15 is 0 Å². The third-order valence-electron chi connectivity index (χ3n) is 2.35. The molecule has 0 bridgehead atoms. The van der Waals surface area contributed by atoms with E-state index in [9.17, 15) is 0 Å². The first-order valence-electron chi connectivity index (χ1n) is 4.97. The zero-order chi connectivity index (χ0) is 10.5. The quantitative estimate of drug-likeness (QED) is 0.775. The van der Waals surface area contributed by atoms with Crippen molar-refractivity contribution >= 4 is 0 Å². The lowest BCUT2D eigenvalue weighted by Crippen LogP contribution is -2.28. The second-order valence-electron chi connectivity index (χ2n) is 3.43. The second-order valence-corrected chi connectivity index (χ2v) is 3.43. The molecule has 1 atom stereocenters. The normalized spacial score (nSPS) is 19.8. The molecule has 5 heteroatoms. The Hall–Kier alpha value is -1.67. The first-order chi connectivity index (χ1) is 7.40. The van der Waals surface area contributed by atoms with Gasteiger partial charge >= 0.3 is 0 Å². The topological polar surface area (TPSA) is 70.8 Å². The summed E-state index contributed by atoms with van der Waals surface area (Å²) in [5.41, 5.74) is 0.246. The van der Waals surface area contributed by atoms with Crippen LogP contribution >= 0.6 is 0 Å². The van der Waals surface area contributed by atoms with E-state index in [1.807, 2.05) is 6.07 Å². The van der Waals surface area contributed by atoms with Crippen molar-refractivity contribution in [3.63, 3.8) is 0 Å². The minimum atomic E-state index is 0.246. The van der Waals surface area contributed by atoms with Gasteiger partial charge in [-0.25, -0.2) is 9.97 Å². The van der Waals surface area contributed by atoms with Crippen LogP contribution in [0.4, 0.5) is 0 Å². The van der Waals surface area contributed by atoms with Crippen LogP contribution in [0.1, 0.15) is 18.5 Å². The van der Waals surface area contributed by atoms with Gasteiger partial charge in [0, 0.05) is 18.4 Å². The van der Waals surface area contributed by atoms with E-state index in [2.05, 4.69) is 15.3 Å². The van der Waals surface area contributed by atoms with Gasteiger partial charge in [0.15, 0.2) is 0 Å². The van der Waals surface area contributed by atoms with Crippen molar-refractivity contribution in [3.8, 4) is 11.9 Å². The fourth-order valence-corrected chi connectivity index (χ4v) is 1.59. The van der Waals surface area contributed by atoms with E-state index in [4.69, 9.17) is 10.00 Å². The van der Waals surface area contributed by atoms with Gasteiger partial charge in [-0.1, -0.05) is 0 Å². The van der Waals surface area contributed by atoms with Gasteiger partial charge in [0.25, 0.3) is 5.88 Å². The van der Waals surface area contributed by atoms with Crippen molar-refractivity contribution < 1.29 is 4.74 Å². The summed E-state index contributed by atoms with van der Waals surface area (Å²) in [6.07, 6.45) is 5.30. The van der Waals surface area contributed by atoms with Gasteiger partial charge in [-0.3, -0.25) is 0 Å². The van der Waals surface area contributed by atoms with E-state index in [1.165, 1.54) is 18.8 Å². The fraction of sp³-hybridized carbons (Fsp3) is 0.500. The molecule has 1 aromatic heterocycles. The van der Waals surface area contributed by atoms with Crippen LogP contribution in [0, 0.1) is 11.3 Å². The number of rotatable bonds is 3. The maximum Gasteiger partial charge on any atom is 0.251 e. The van der Waals surface area contributed by atoms with Crippen LogP contribution in [0.15, 0.2) is 12.4 Å². The minimum Gasteiger partial charge on any atom is -0.474 e. The van der Waals surface area contributed by atoms with E-state index < -0.39 is 0 Å². The molecule has 1 saturated heterocycles. The molecule has 1 N–H and O–H groups in total. The largest absolute Gasteiger partial charge is 0.474 e. The summed E-state index contributed by atoms with van der Waals surface area (Å²) in [6.45, 7) is 1.59. The number of hydrogen-bond donors (Lipinski definition) is 1. The van der Waals surface area contributed by atoms with Crippen molar-refractivity contribution in [3.05, 3.63) is 18.1 Å². The van der Waals surface area contributed by atoms with Crippen molar-refractivity contribution in [2.24, 2.45) is 0 Å². The van der Waals surface area contributed by atoms with Gasteiger partial charge in [0.2, 0.25) is 5.69 Å². The Labute approximate surface area is 88.1 Å². The predicted molar refractivity (Wildman–Crippen MR) is 53.3 cm³/mol. The summed E-state index contributed by atoms with van der Waals surface area (Å²) in [5, 5.41) is 12.1. The summed E-state index contributed by atoms with van der Waals surface area (Å²) >= 11 is 0. The molecule has 1 aliphatic heterocycles. The lowest BCUT2D eigenvalue weighted by atomic mass is 10.2. The average Bonchev–Trinajstić information content (AvgIpc) is 2.79. The molecule has 2 heterocycles.